The second-order valence-corrected chi connectivity index (χ2v) is 20.8. The van der Waals surface area contributed by atoms with Crippen LogP contribution >= 0.6 is 67.0 Å². The number of hydrogen-bond acceptors (Lipinski definition) is 0. The van der Waals surface area contributed by atoms with E-state index in [1.54, 1.807) is 0 Å². The fraction of sp³-hybridized carbons (Fsp3) is 1.00. The smallest absolute Gasteiger partial charge is 0.146 e. The molecule has 0 rings (SSSR count). The zero-order chi connectivity index (χ0) is 9.71. The Labute approximate surface area is 97.6 Å². The number of hydrogen-bond donors (Lipinski definition) is 0. The third-order valence-corrected chi connectivity index (χ3v) is 4.09. The molecule has 11 heavy (non-hydrogen) atoms. The normalized spacial score (nSPS) is 12.0. The van der Waals surface area contributed by atoms with Crippen LogP contribution in [-0.4, -0.2) is 18.2 Å². The van der Waals surface area contributed by atoms with Crippen molar-refractivity contribution < 1.29 is 0 Å². The Hall–Kier alpha value is 2.17. The van der Waals surface area contributed by atoms with Crippen molar-refractivity contribution in [2.45, 2.75) is 13.1 Å². The molecule has 0 amide bonds. The van der Waals surface area contributed by atoms with Crippen molar-refractivity contribution in [1.29, 1.82) is 0 Å². The first-order valence-corrected chi connectivity index (χ1v) is 13.4. The summed E-state index contributed by atoms with van der Waals surface area (Å²) in [6, 6.07) is -2.45. The van der Waals surface area contributed by atoms with E-state index in [-0.39, 0.29) is 5.50 Å². The quantitative estimate of drug-likeness (QED) is 0.377. The predicted molar refractivity (Wildman–Crippen MR) is 63.2 cm³/mol. The van der Waals surface area contributed by atoms with Gasteiger partial charge in [-0.3, -0.25) is 0 Å². The van der Waals surface area contributed by atoms with Crippen LogP contribution in [0.3, 0.4) is 0 Å². The molecule has 0 unspecified atom stereocenters. The molecule has 0 aliphatic heterocycles. The van der Waals surface area contributed by atoms with Crippen LogP contribution in [0.2, 0.25) is 13.1 Å². The van der Waals surface area contributed by atoms with Gasteiger partial charge in [-0.05, 0) is 13.1 Å². The number of rotatable bonds is 1. The SMILES string of the molecule is C[Si](C)(Cl)Cl.ClC[Si](Cl)(Cl)Cl. The molecular weight excluding hydrogens is 305 g/mol. The van der Waals surface area contributed by atoms with E-state index in [1.165, 1.54) is 0 Å². The maximum Gasteiger partial charge on any atom is 0.355 e. The highest BCUT2D eigenvalue weighted by Gasteiger charge is 2.22. The highest BCUT2D eigenvalue weighted by atomic mass is 35.8. The fourth-order valence-electron chi connectivity index (χ4n) is 0. The van der Waals surface area contributed by atoms with Gasteiger partial charge in [0.05, 0.1) is 5.50 Å². The number of halogens is 6. The first-order valence-electron chi connectivity index (χ1n) is 2.57. The summed E-state index contributed by atoms with van der Waals surface area (Å²) in [6.07, 6.45) is 0. The largest absolute Gasteiger partial charge is 0.355 e. The molecule has 0 radical (unpaired) electrons. The molecule has 0 fully saturated rings. The minimum atomic E-state index is -2.45. The van der Waals surface area contributed by atoms with Crippen LogP contribution in [0.25, 0.3) is 0 Å². The molecule has 0 bridgehead atoms. The summed E-state index contributed by atoms with van der Waals surface area (Å²) in [5.74, 6) is 0. The van der Waals surface area contributed by atoms with E-state index in [2.05, 4.69) is 0 Å². The summed E-state index contributed by atoms with van der Waals surface area (Å²) >= 11 is 31.8. The molecule has 0 aromatic rings. The van der Waals surface area contributed by atoms with Crippen molar-refractivity contribution in [2.75, 3.05) is 5.50 Å². The molecule has 0 N–H and O–H groups in total. The minimum Gasteiger partial charge on any atom is -0.146 e. The molecule has 0 aromatic heterocycles. The average Bonchev–Trinajstić information content (AvgIpc) is 1.59. The van der Waals surface area contributed by atoms with Crippen molar-refractivity contribution in [1.82, 2.24) is 0 Å². The molecule has 0 heterocycles. The van der Waals surface area contributed by atoms with Gasteiger partial charge >= 0.3 is 6.00 Å². The molecule has 0 aliphatic rings. The van der Waals surface area contributed by atoms with Gasteiger partial charge in [-0.1, -0.05) is 0 Å². The third-order valence-electron chi connectivity index (χ3n) is 0.152. The van der Waals surface area contributed by atoms with Crippen LogP contribution in [0, 0.1) is 0 Å². The predicted octanol–water partition coefficient (Wildman–Crippen LogP) is 4.59. The fourth-order valence-corrected chi connectivity index (χ4v) is 0. The lowest BCUT2D eigenvalue weighted by Crippen LogP contribution is -2.10. The molecule has 0 aliphatic carbocycles. The third kappa shape index (κ3) is 47.1. The van der Waals surface area contributed by atoms with Crippen molar-refractivity contribution in [2.24, 2.45) is 0 Å². The van der Waals surface area contributed by atoms with Crippen LogP contribution in [0.4, 0.5) is 0 Å². The zero-order valence-electron chi connectivity index (χ0n) is 5.97. The van der Waals surface area contributed by atoms with E-state index in [0.29, 0.717) is 0 Å². The number of alkyl halides is 1. The second-order valence-electron chi connectivity index (χ2n) is 2.08. The van der Waals surface area contributed by atoms with Crippen molar-refractivity contribution in [3.8, 4) is 0 Å². The second kappa shape index (κ2) is 6.60. The summed E-state index contributed by atoms with van der Waals surface area (Å²) in [7, 11) is 0. The van der Waals surface area contributed by atoms with Crippen LogP contribution in [0.15, 0.2) is 0 Å². The van der Waals surface area contributed by atoms with Crippen molar-refractivity contribution >= 4 is 79.7 Å². The molecule has 0 saturated carbocycles. The Morgan fingerprint density at radius 2 is 1.00 bits per heavy atom. The highest BCUT2D eigenvalue weighted by molar-refractivity contribution is 7.65. The van der Waals surface area contributed by atoms with E-state index in [1.807, 2.05) is 13.1 Å². The highest BCUT2D eigenvalue weighted by Crippen LogP contribution is 2.20. The van der Waals surface area contributed by atoms with Gasteiger partial charge in [0, 0.05) is 0 Å². The Balaban J connectivity index is 0. The summed E-state index contributed by atoms with van der Waals surface area (Å²) < 4.78 is 0. The Bertz CT molecular complexity index is 87.0. The topological polar surface area (TPSA) is 0 Å². The zero-order valence-corrected chi connectivity index (χ0v) is 12.5. The van der Waals surface area contributed by atoms with Gasteiger partial charge in [-0.15, -0.1) is 67.0 Å². The molecule has 0 saturated heterocycles. The molecule has 0 atom stereocenters. The summed E-state index contributed by atoms with van der Waals surface area (Å²) in [5, 5.41) is 0. The van der Waals surface area contributed by atoms with Crippen LogP contribution in [0.1, 0.15) is 0 Å². The molecule has 0 aromatic carbocycles. The first kappa shape index (κ1) is 15.6. The Morgan fingerprint density at radius 1 is 0.909 bits per heavy atom. The van der Waals surface area contributed by atoms with Gasteiger partial charge in [-0.2, -0.15) is 0 Å². The van der Waals surface area contributed by atoms with Gasteiger partial charge < -0.3 is 0 Å². The van der Waals surface area contributed by atoms with E-state index in [4.69, 9.17) is 67.0 Å². The average molecular weight is 313 g/mol. The Kier molecular flexibility index (Phi) is 9.38. The monoisotopic (exact) mass is 310 g/mol. The molecular formula is C3H8Cl6Si2. The lowest BCUT2D eigenvalue weighted by atomic mass is 11.9. The molecule has 0 nitrogen and oxygen atoms in total. The van der Waals surface area contributed by atoms with Gasteiger partial charge in [0.1, 0.15) is 0 Å². The van der Waals surface area contributed by atoms with Crippen LogP contribution < -0.4 is 0 Å². The van der Waals surface area contributed by atoms with Gasteiger partial charge in [0.25, 0.3) is 0 Å². The van der Waals surface area contributed by atoms with Gasteiger partial charge in [-0.25, -0.2) is 0 Å². The van der Waals surface area contributed by atoms with E-state index < -0.39 is 12.7 Å². The van der Waals surface area contributed by atoms with Crippen molar-refractivity contribution in [3.63, 3.8) is 0 Å². The van der Waals surface area contributed by atoms with E-state index in [0.717, 1.165) is 0 Å². The van der Waals surface area contributed by atoms with Gasteiger partial charge in [0.15, 0.2) is 0 Å². The maximum atomic E-state index is 5.43. The molecule has 8 heteroatoms. The van der Waals surface area contributed by atoms with Gasteiger partial charge in [0.2, 0.25) is 6.69 Å². The lowest BCUT2D eigenvalue weighted by molar-refractivity contribution is 2.06. The van der Waals surface area contributed by atoms with Crippen molar-refractivity contribution in [3.05, 3.63) is 0 Å². The van der Waals surface area contributed by atoms with Crippen LogP contribution in [0.5, 0.6) is 0 Å². The van der Waals surface area contributed by atoms with E-state index >= 15 is 0 Å². The maximum absolute atomic E-state index is 5.43. The Morgan fingerprint density at radius 3 is 1.00 bits per heavy atom. The lowest BCUT2D eigenvalue weighted by Gasteiger charge is -1.96. The summed E-state index contributed by atoms with van der Waals surface area (Å²) in [4.78, 5) is 0. The first-order chi connectivity index (χ1) is 4.56. The standard InChI is InChI=1S/C2H6Cl2Si.CH2Cl4Si/c1-5(2,3)4;2-1-6(3,4)5/h1-2H3;1H2. The summed E-state index contributed by atoms with van der Waals surface area (Å²) in [5.41, 5.74) is 0.178. The molecule has 0 spiro atoms. The van der Waals surface area contributed by atoms with Crippen LogP contribution in [-0.2, 0) is 0 Å². The summed E-state index contributed by atoms with van der Waals surface area (Å²) in [6.45, 7) is 2.05. The molecule has 70 valence electrons. The minimum absolute atomic E-state index is 0.178. The van der Waals surface area contributed by atoms with E-state index in [9.17, 15) is 0 Å².